The lowest BCUT2D eigenvalue weighted by Crippen LogP contribution is -2.50. The van der Waals surface area contributed by atoms with E-state index in [-0.39, 0.29) is 0 Å². The van der Waals surface area contributed by atoms with Crippen molar-refractivity contribution in [3.05, 3.63) is 0 Å². The summed E-state index contributed by atoms with van der Waals surface area (Å²) >= 11 is 0. The minimum absolute atomic E-state index is 1.06. The number of rotatable bonds is 3. The maximum atomic E-state index is 12.7. The van der Waals surface area contributed by atoms with Gasteiger partial charge in [-0.2, -0.15) is 0 Å². The van der Waals surface area contributed by atoms with Gasteiger partial charge in [-0.3, -0.25) is 4.79 Å². The summed E-state index contributed by atoms with van der Waals surface area (Å²) < 4.78 is 25.4. The summed E-state index contributed by atoms with van der Waals surface area (Å²) in [6.07, 6.45) is 0. The molecule has 0 heterocycles. The molecule has 0 saturated heterocycles. The molecule has 0 rings (SSSR count). The van der Waals surface area contributed by atoms with Gasteiger partial charge in [-0.15, -0.1) is 0 Å². The number of carbonyl (C=O) groups is 1. The van der Waals surface area contributed by atoms with E-state index in [9.17, 15) is 13.6 Å². The fourth-order valence-corrected chi connectivity index (χ4v) is 0.524. The molecule has 0 amide bonds. The molecule has 0 bridgehead atoms. The maximum Gasteiger partial charge on any atom is 0.326 e. The van der Waals surface area contributed by atoms with Gasteiger partial charge in [-0.25, -0.2) is 8.78 Å². The number of hydrogen-bond donors (Lipinski definition) is 2. The van der Waals surface area contributed by atoms with Gasteiger partial charge in [0.1, 0.15) is 0 Å². The number of halogens is 2. The Morgan fingerprint density at radius 2 is 1.91 bits per heavy atom. The minimum atomic E-state index is -3.34. The molecule has 1 atom stereocenters. The molecule has 3 N–H and O–H groups in total. The van der Waals surface area contributed by atoms with Crippen molar-refractivity contribution >= 4 is 5.97 Å². The van der Waals surface area contributed by atoms with Gasteiger partial charge in [0.25, 0.3) is 5.92 Å². The zero-order valence-corrected chi connectivity index (χ0v) is 6.34. The van der Waals surface area contributed by atoms with Crippen LogP contribution in [0.25, 0.3) is 0 Å². The fraction of sp³-hybridized carbons (Fsp3) is 0.833. The smallest absolute Gasteiger partial charge is 0.326 e. The van der Waals surface area contributed by atoms with Crippen LogP contribution >= 0.6 is 0 Å². The summed E-state index contributed by atoms with van der Waals surface area (Å²) in [5.41, 5.74) is 4.75. The third kappa shape index (κ3) is 2.11. The van der Waals surface area contributed by atoms with E-state index in [2.05, 4.69) is 0 Å². The minimum Gasteiger partial charge on any atom is -0.480 e. The Hall–Kier alpha value is -0.710. The van der Waals surface area contributed by atoms with Crippen LogP contribution in [-0.2, 0) is 4.79 Å². The molecule has 0 radical (unpaired) electrons. The van der Waals surface area contributed by atoms with Crippen LogP contribution in [0.15, 0.2) is 0 Å². The molecule has 3 nitrogen and oxygen atoms in total. The summed E-state index contributed by atoms with van der Waals surface area (Å²) in [6, 6.07) is -2.11. The first-order valence-corrected chi connectivity index (χ1v) is 3.16. The van der Waals surface area contributed by atoms with Gasteiger partial charge < -0.3 is 10.8 Å². The summed E-state index contributed by atoms with van der Waals surface area (Å²) in [7, 11) is 0. The van der Waals surface area contributed by atoms with Gasteiger partial charge >= 0.3 is 5.97 Å². The van der Waals surface area contributed by atoms with Crippen LogP contribution in [0.4, 0.5) is 8.78 Å². The highest BCUT2D eigenvalue weighted by atomic mass is 19.3. The van der Waals surface area contributed by atoms with E-state index in [1.54, 1.807) is 0 Å². The van der Waals surface area contributed by atoms with Crippen LogP contribution in [-0.4, -0.2) is 23.0 Å². The van der Waals surface area contributed by atoms with Crippen molar-refractivity contribution in [3.63, 3.8) is 0 Å². The highest BCUT2D eigenvalue weighted by Gasteiger charge is 2.44. The molecule has 0 spiro atoms. The van der Waals surface area contributed by atoms with Crippen LogP contribution in [0.2, 0.25) is 0 Å². The molecule has 0 aromatic carbocycles. The molecule has 0 aliphatic carbocycles. The lowest BCUT2D eigenvalue weighted by atomic mass is 9.99. The predicted molar refractivity (Wildman–Crippen MR) is 35.4 cm³/mol. The van der Waals surface area contributed by atoms with Crippen molar-refractivity contribution in [1.82, 2.24) is 0 Å². The average molecular weight is 167 g/mol. The largest absolute Gasteiger partial charge is 0.480 e. The Bertz CT molecular complexity index is 159. The fourth-order valence-electron chi connectivity index (χ4n) is 0.524. The van der Waals surface area contributed by atoms with Crippen LogP contribution in [0.1, 0.15) is 13.8 Å². The Labute approximate surface area is 63.2 Å². The van der Waals surface area contributed by atoms with Gasteiger partial charge in [0, 0.05) is 5.92 Å². The van der Waals surface area contributed by atoms with Crippen LogP contribution < -0.4 is 5.73 Å². The van der Waals surface area contributed by atoms with E-state index >= 15 is 0 Å². The molecule has 11 heavy (non-hydrogen) atoms. The average Bonchev–Trinajstić information content (AvgIpc) is 1.85. The second-order valence-electron chi connectivity index (χ2n) is 2.65. The molecule has 0 aromatic rings. The highest BCUT2D eigenvalue weighted by Crippen LogP contribution is 2.26. The molecular formula is C6H11F2NO2. The van der Waals surface area contributed by atoms with Gasteiger partial charge in [0.15, 0.2) is 6.04 Å². The first-order chi connectivity index (χ1) is 4.80. The van der Waals surface area contributed by atoms with Gasteiger partial charge in [0.05, 0.1) is 0 Å². The van der Waals surface area contributed by atoms with Crippen molar-refractivity contribution in [3.8, 4) is 0 Å². The Balaban J connectivity index is 4.41. The van der Waals surface area contributed by atoms with Gasteiger partial charge in [-0.05, 0) is 0 Å². The van der Waals surface area contributed by atoms with Crippen molar-refractivity contribution in [2.75, 3.05) is 0 Å². The highest BCUT2D eigenvalue weighted by molar-refractivity contribution is 5.74. The quantitative estimate of drug-likeness (QED) is 0.650. The van der Waals surface area contributed by atoms with Crippen molar-refractivity contribution in [2.45, 2.75) is 25.8 Å². The van der Waals surface area contributed by atoms with E-state index in [0.29, 0.717) is 0 Å². The summed E-state index contributed by atoms with van der Waals surface area (Å²) in [5, 5.41) is 8.16. The topological polar surface area (TPSA) is 63.3 Å². The van der Waals surface area contributed by atoms with Gasteiger partial charge in [0.2, 0.25) is 0 Å². The Morgan fingerprint density at radius 3 is 2.00 bits per heavy atom. The van der Waals surface area contributed by atoms with Crippen molar-refractivity contribution < 1.29 is 18.7 Å². The second-order valence-corrected chi connectivity index (χ2v) is 2.65. The molecule has 0 aliphatic rings. The first-order valence-electron chi connectivity index (χ1n) is 3.16. The SMILES string of the molecule is CC(C)C(F)(F)[C@H](N)C(=O)O. The number of hydrogen-bond acceptors (Lipinski definition) is 2. The number of alkyl halides is 2. The second kappa shape index (κ2) is 3.13. The van der Waals surface area contributed by atoms with Crippen LogP contribution in [0.3, 0.4) is 0 Å². The molecule has 0 fully saturated rings. The molecule has 0 unspecified atom stereocenters. The van der Waals surface area contributed by atoms with Crippen LogP contribution in [0, 0.1) is 5.92 Å². The number of nitrogens with two attached hydrogens (primary N) is 1. The maximum absolute atomic E-state index is 12.7. The monoisotopic (exact) mass is 167 g/mol. The van der Waals surface area contributed by atoms with E-state index < -0.39 is 23.9 Å². The lowest BCUT2D eigenvalue weighted by Gasteiger charge is -2.23. The normalized spacial score (nSPS) is 15.1. The zero-order chi connectivity index (χ0) is 9.23. The first kappa shape index (κ1) is 10.3. The lowest BCUT2D eigenvalue weighted by molar-refractivity contribution is -0.152. The van der Waals surface area contributed by atoms with E-state index in [1.165, 1.54) is 13.8 Å². The summed E-state index contributed by atoms with van der Waals surface area (Å²) in [6.45, 7) is 2.45. The number of aliphatic carboxylic acids is 1. The van der Waals surface area contributed by atoms with E-state index in [4.69, 9.17) is 10.8 Å². The number of carboxylic acids is 1. The van der Waals surface area contributed by atoms with Crippen LogP contribution in [0.5, 0.6) is 0 Å². The molecule has 5 heteroatoms. The predicted octanol–water partition coefficient (Wildman–Crippen LogP) is 0.690. The summed E-state index contributed by atoms with van der Waals surface area (Å²) in [5.74, 6) is -6.08. The summed E-state index contributed by atoms with van der Waals surface area (Å²) in [4.78, 5) is 10.0. The Morgan fingerprint density at radius 1 is 1.55 bits per heavy atom. The van der Waals surface area contributed by atoms with Crippen molar-refractivity contribution in [1.29, 1.82) is 0 Å². The van der Waals surface area contributed by atoms with Gasteiger partial charge in [-0.1, -0.05) is 13.8 Å². The number of carboxylic acid groups (broad SMARTS) is 1. The van der Waals surface area contributed by atoms with Crippen molar-refractivity contribution in [2.24, 2.45) is 11.7 Å². The molecule has 0 saturated carbocycles. The zero-order valence-electron chi connectivity index (χ0n) is 6.34. The van der Waals surface area contributed by atoms with E-state index in [1.807, 2.05) is 0 Å². The third-order valence-electron chi connectivity index (χ3n) is 1.45. The molecule has 66 valence electrons. The van der Waals surface area contributed by atoms with E-state index in [0.717, 1.165) is 0 Å². The standard InChI is InChI=1S/C6H11F2NO2/c1-3(2)6(7,8)4(9)5(10)11/h3-4H,9H2,1-2H3,(H,10,11)/t4-/m1/s1. The Kier molecular flexibility index (Phi) is 2.92. The molecule has 0 aliphatic heterocycles. The molecular weight excluding hydrogens is 156 g/mol. The third-order valence-corrected chi connectivity index (χ3v) is 1.45. The molecule has 0 aromatic heterocycles.